The normalized spacial score (nSPS) is 11.7. The van der Waals surface area contributed by atoms with Crippen molar-refractivity contribution in [3.63, 3.8) is 0 Å². The second-order valence-electron chi connectivity index (χ2n) is 4.35. The van der Waals surface area contributed by atoms with Crippen LogP contribution in [-0.4, -0.2) is 30.8 Å². The van der Waals surface area contributed by atoms with Crippen molar-refractivity contribution in [3.05, 3.63) is 36.7 Å². The number of benzene rings is 1. The van der Waals surface area contributed by atoms with Crippen molar-refractivity contribution in [1.82, 2.24) is 9.29 Å². The Hall–Kier alpha value is -1.97. The van der Waals surface area contributed by atoms with Crippen LogP contribution < -0.4 is 0 Å². The molecule has 1 aromatic carbocycles. The standard InChI is InChI=1S/C14H15N3O2S/c1-2-9-17(10-7-15)20(18,19)14-5-3-4-12-11-16-8-6-13(12)14/h3-6,8,11H,2,9-10H2,1H3. The first-order valence-corrected chi connectivity index (χ1v) is 7.75. The van der Waals surface area contributed by atoms with Gasteiger partial charge in [-0.2, -0.15) is 9.57 Å². The molecule has 1 heterocycles. The second-order valence-corrected chi connectivity index (χ2v) is 6.26. The first-order valence-electron chi connectivity index (χ1n) is 6.31. The van der Waals surface area contributed by atoms with Gasteiger partial charge in [0.25, 0.3) is 0 Å². The molecule has 0 fully saturated rings. The van der Waals surface area contributed by atoms with Gasteiger partial charge in [-0.25, -0.2) is 8.42 Å². The van der Waals surface area contributed by atoms with Crippen LogP contribution >= 0.6 is 0 Å². The molecule has 0 spiro atoms. The molecular formula is C14H15N3O2S. The van der Waals surface area contributed by atoms with E-state index in [0.29, 0.717) is 18.4 Å². The zero-order valence-electron chi connectivity index (χ0n) is 11.2. The van der Waals surface area contributed by atoms with Crippen LogP contribution in [0.25, 0.3) is 10.8 Å². The fourth-order valence-corrected chi connectivity index (χ4v) is 3.71. The molecule has 0 bridgehead atoms. The maximum absolute atomic E-state index is 12.7. The van der Waals surface area contributed by atoms with E-state index < -0.39 is 10.0 Å². The maximum atomic E-state index is 12.7. The lowest BCUT2D eigenvalue weighted by Crippen LogP contribution is -2.32. The Bertz CT molecular complexity index is 745. The van der Waals surface area contributed by atoms with Gasteiger partial charge in [0.1, 0.15) is 6.54 Å². The van der Waals surface area contributed by atoms with Gasteiger partial charge in [0.05, 0.1) is 11.0 Å². The highest BCUT2D eigenvalue weighted by Crippen LogP contribution is 2.25. The quantitative estimate of drug-likeness (QED) is 0.791. The molecule has 0 amide bonds. The Labute approximate surface area is 118 Å². The van der Waals surface area contributed by atoms with Crippen LogP contribution in [0.4, 0.5) is 0 Å². The van der Waals surface area contributed by atoms with Crippen molar-refractivity contribution in [2.45, 2.75) is 18.2 Å². The monoisotopic (exact) mass is 289 g/mol. The number of nitriles is 1. The van der Waals surface area contributed by atoms with Gasteiger partial charge < -0.3 is 0 Å². The Morgan fingerprint density at radius 1 is 1.35 bits per heavy atom. The predicted molar refractivity (Wildman–Crippen MR) is 76.4 cm³/mol. The van der Waals surface area contributed by atoms with Gasteiger partial charge in [-0.3, -0.25) is 4.98 Å². The third-order valence-electron chi connectivity index (χ3n) is 2.98. The number of fused-ring (bicyclic) bond motifs is 1. The summed E-state index contributed by atoms with van der Waals surface area (Å²) in [6.45, 7) is 2.07. The largest absolute Gasteiger partial charge is 0.264 e. The third-order valence-corrected chi connectivity index (χ3v) is 4.88. The van der Waals surface area contributed by atoms with Gasteiger partial charge >= 0.3 is 0 Å². The Balaban J connectivity index is 2.59. The molecule has 0 aliphatic rings. The molecule has 0 aliphatic heterocycles. The van der Waals surface area contributed by atoms with E-state index in [1.54, 1.807) is 30.6 Å². The number of rotatable bonds is 5. The molecule has 2 aromatic rings. The number of hydrogen-bond donors (Lipinski definition) is 0. The van der Waals surface area contributed by atoms with Crippen LogP contribution in [0.3, 0.4) is 0 Å². The summed E-state index contributed by atoms with van der Waals surface area (Å²) >= 11 is 0. The topological polar surface area (TPSA) is 74.1 Å². The molecule has 0 saturated carbocycles. The van der Waals surface area contributed by atoms with Gasteiger partial charge in [0.2, 0.25) is 10.0 Å². The Kier molecular flexibility index (Phi) is 4.32. The average molecular weight is 289 g/mol. The van der Waals surface area contributed by atoms with E-state index in [2.05, 4.69) is 4.98 Å². The predicted octanol–water partition coefficient (Wildman–Crippen LogP) is 2.16. The van der Waals surface area contributed by atoms with E-state index in [0.717, 1.165) is 5.39 Å². The Morgan fingerprint density at radius 3 is 2.85 bits per heavy atom. The molecule has 20 heavy (non-hydrogen) atoms. The highest BCUT2D eigenvalue weighted by Gasteiger charge is 2.25. The fourth-order valence-electron chi connectivity index (χ4n) is 2.07. The summed E-state index contributed by atoms with van der Waals surface area (Å²) in [5.41, 5.74) is 0. The molecule has 2 rings (SSSR count). The minimum Gasteiger partial charge on any atom is -0.264 e. The Morgan fingerprint density at radius 2 is 2.15 bits per heavy atom. The number of aromatic nitrogens is 1. The summed E-state index contributed by atoms with van der Waals surface area (Å²) in [6.07, 6.45) is 3.85. The van der Waals surface area contributed by atoms with Crippen molar-refractivity contribution in [1.29, 1.82) is 5.26 Å². The second kappa shape index (κ2) is 5.99. The minimum atomic E-state index is -3.67. The fraction of sp³-hybridized carbons (Fsp3) is 0.286. The lowest BCUT2D eigenvalue weighted by Gasteiger charge is -2.19. The van der Waals surface area contributed by atoms with Crippen molar-refractivity contribution in [3.8, 4) is 6.07 Å². The van der Waals surface area contributed by atoms with Crippen molar-refractivity contribution < 1.29 is 8.42 Å². The molecule has 0 unspecified atom stereocenters. The summed E-state index contributed by atoms with van der Waals surface area (Å²) in [4.78, 5) is 4.22. The van der Waals surface area contributed by atoms with Crippen LogP contribution in [0.1, 0.15) is 13.3 Å². The molecule has 0 aliphatic carbocycles. The lowest BCUT2D eigenvalue weighted by atomic mass is 10.2. The first kappa shape index (κ1) is 14.4. The van der Waals surface area contributed by atoms with E-state index >= 15 is 0 Å². The van der Waals surface area contributed by atoms with Gasteiger partial charge in [-0.15, -0.1) is 0 Å². The molecule has 0 radical (unpaired) electrons. The summed E-state index contributed by atoms with van der Waals surface area (Å²) < 4.78 is 26.6. The molecular weight excluding hydrogens is 274 g/mol. The maximum Gasteiger partial charge on any atom is 0.244 e. The van der Waals surface area contributed by atoms with Crippen molar-refractivity contribution in [2.24, 2.45) is 0 Å². The minimum absolute atomic E-state index is 0.141. The number of pyridine rings is 1. The zero-order valence-corrected chi connectivity index (χ0v) is 12.0. The average Bonchev–Trinajstić information content (AvgIpc) is 2.46. The lowest BCUT2D eigenvalue weighted by molar-refractivity contribution is 0.445. The van der Waals surface area contributed by atoms with Crippen LogP contribution in [0.2, 0.25) is 0 Å². The number of hydrogen-bond acceptors (Lipinski definition) is 4. The van der Waals surface area contributed by atoms with E-state index in [-0.39, 0.29) is 11.4 Å². The van der Waals surface area contributed by atoms with Crippen LogP contribution in [0, 0.1) is 11.3 Å². The highest BCUT2D eigenvalue weighted by atomic mass is 32.2. The van der Waals surface area contributed by atoms with Gasteiger partial charge in [0.15, 0.2) is 0 Å². The first-order chi connectivity index (χ1) is 9.61. The zero-order chi connectivity index (χ0) is 14.6. The highest BCUT2D eigenvalue weighted by molar-refractivity contribution is 7.89. The summed E-state index contributed by atoms with van der Waals surface area (Å²) in [6, 6.07) is 8.66. The smallest absolute Gasteiger partial charge is 0.244 e. The van der Waals surface area contributed by atoms with Crippen LogP contribution in [-0.2, 0) is 10.0 Å². The third kappa shape index (κ3) is 2.64. The number of nitrogens with zero attached hydrogens (tertiary/aromatic N) is 3. The van der Waals surface area contributed by atoms with Crippen molar-refractivity contribution >= 4 is 20.8 Å². The molecule has 6 heteroatoms. The molecule has 0 atom stereocenters. The van der Waals surface area contributed by atoms with E-state index in [1.165, 1.54) is 4.31 Å². The van der Waals surface area contributed by atoms with Gasteiger partial charge in [-0.05, 0) is 18.6 Å². The van der Waals surface area contributed by atoms with Crippen molar-refractivity contribution in [2.75, 3.05) is 13.1 Å². The summed E-state index contributed by atoms with van der Waals surface area (Å²) in [5, 5.41) is 10.2. The van der Waals surface area contributed by atoms with Crippen LogP contribution in [0.5, 0.6) is 0 Å². The molecule has 5 nitrogen and oxygen atoms in total. The SMILES string of the molecule is CCCN(CC#N)S(=O)(=O)c1cccc2cnccc12. The molecule has 104 valence electrons. The van der Waals surface area contributed by atoms with Gasteiger partial charge in [0, 0.05) is 29.7 Å². The van der Waals surface area contributed by atoms with E-state index in [9.17, 15) is 8.42 Å². The van der Waals surface area contributed by atoms with Gasteiger partial charge in [-0.1, -0.05) is 19.1 Å². The van der Waals surface area contributed by atoms with Crippen LogP contribution in [0.15, 0.2) is 41.6 Å². The molecule has 1 aromatic heterocycles. The molecule has 0 saturated heterocycles. The summed E-state index contributed by atoms with van der Waals surface area (Å²) in [7, 11) is -3.67. The van der Waals surface area contributed by atoms with E-state index in [1.807, 2.05) is 19.1 Å². The summed E-state index contributed by atoms with van der Waals surface area (Å²) in [5.74, 6) is 0. The molecule has 0 N–H and O–H groups in total. The number of sulfonamides is 1. The van der Waals surface area contributed by atoms with E-state index in [4.69, 9.17) is 5.26 Å².